The number of ether oxygens (including phenoxy) is 2. The molecule has 2 heterocycles. The minimum atomic E-state index is 0. The molecule has 9 nitrogen and oxygen atoms in total. The first-order valence-corrected chi connectivity index (χ1v) is 10.4. The Bertz CT molecular complexity index is 836. The van der Waals surface area contributed by atoms with E-state index in [9.17, 15) is 0 Å². The van der Waals surface area contributed by atoms with E-state index in [1.165, 1.54) is 0 Å². The van der Waals surface area contributed by atoms with Crippen LogP contribution in [-0.4, -0.2) is 79.4 Å². The SMILES string of the molecule is CCNC(=NCCc1nc(C)no1)N1CCN(Cc2cc(OC)ccc2OC)CC1.I. The Morgan fingerprint density at radius 3 is 2.58 bits per heavy atom. The summed E-state index contributed by atoms with van der Waals surface area (Å²) >= 11 is 0. The molecule has 10 heteroatoms. The van der Waals surface area contributed by atoms with Crippen LogP contribution in [-0.2, 0) is 13.0 Å². The van der Waals surface area contributed by atoms with Gasteiger partial charge in [-0.15, -0.1) is 24.0 Å². The maximum atomic E-state index is 5.52. The number of nitrogens with one attached hydrogen (secondary N) is 1. The molecular formula is C21H33IN6O3. The molecule has 1 aromatic carbocycles. The number of hydrogen-bond acceptors (Lipinski definition) is 7. The molecule has 0 bridgehead atoms. The Hall–Kier alpha value is -2.08. The molecule has 2 aromatic rings. The number of rotatable bonds is 8. The second-order valence-electron chi connectivity index (χ2n) is 7.16. The molecule has 1 aliphatic rings. The van der Waals surface area contributed by atoms with Crippen LogP contribution in [0.2, 0.25) is 0 Å². The van der Waals surface area contributed by atoms with E-state index in [1.54, 1.807) is 14.2 Å². The highest BCUT2D eigenvalue weighted by molar-refractivity contribution is 14.0. The Kier molecular flexibility index (Phi) is 10.3. The van der Waals surface area contributed by atoms with Crippen LogP contribution in [0, 0.1) is 6.92 Å². The number of methoxy groups -OCH3 is 2. The quantitative estimate of drug-likeness (QED) is 0.308. The molecule has 31 heavy (non-hydrogen) atoms. The largest absolute Gasteiger partial charge is 0.497 e. The van der Waals surface area contributed by atoms with Crippen LogP contribution in [0.1, 0.15) is 24.2 Å². The molecule has 1 aliphatic heterocycles. The van der Waals surface area contributed by atoms with Crippen LogP contribution in [0.4, 0.5) is 0 Å². The van der Waals surface area contributed by atoms with Crippen LogP contribution in [0.25, 0.3) is 0 Å². The second kappa shape index (κ2) is 12.7. The van der Waals surface area contributed by atoms with E-state index in [-0.39, 0.29) is 24.0 Å². The van der Waals surface area contributed by atoms with Gasteiger partial charge in [0.2, 0.25) is 5.89 Å². The normalized spacial score (nSPS) is 14.8. The maximum absolute atomic E-state index is 5.52. The summed E-state index contributed by atoms with van der Waals surface area (Å²) in [6.45, 7) is 9.92. The summed E-state index contributed by atoms with van der Waals surface area (Å²) in [4.78, 5) is 13.7. The lowest BCUT2D eigenvalue weighted by molar-refractivity contribution is 0.171. The van der Waals surface area contributed by atoms with Crippen molar-refractivity contribution in [1.29, 1.82) is 0 Å². The topological polar surface area (TPSA) is 88.2 Å². The number of aliphatic imine (C=N–C) groups is 1. The van der Waals surface area contributed by atoms with Crippen molar-refractivity contribution in [1.82, 2.24) is 25.3 Å². The van der Waals surface area contributed by atoms with Crippen molar-refractivity contribution in [3.63, 3.8) is 0 Å². The predicted octanol–water partition coefficient (Wildman–Crippen LogP) is 2.34. The van der Waals surface area contributed by atoms with Gasteiger partial charge in [-0.3, -0.25) is 9.89 Å². The van der Waals surface area contributed by atoms with Gasteiger partial charge in [0, 0.05) is 51.3 Å². The Morgan fingerprint density at radius 2 is 1.97 bits per heavy atom. The number of hydrogen-bond donors (Lipinski definition) is 1. The van der Waals surface area contributed by atoms with Crippen LogP contribution >= 0.6 is 24.0 Å². The van der Waals surface area contributed by atoms with Gasteiger partial charge in [0.25, 0.3) is 0 Å². The van der Waals surface area contributed by atoms with Crippen molar-refractivity contribution >= 4 is 29.9 Å². The van der Waals surface area contributed by atoms with Gasteiger partial charge in [0.05, 0.1) is 20.8 Å². The fourth-order valence-corrected chi connectivity index (χ4v) is 3.49. The van der Waals surface area contributed by atoms with Crippen molar-refractivity contribution in [2.24, 2.45) is 4.99 Å². The monoisotopic (exact) mass is 544 g/mol. The third kappa shape index (κ3) is 7.23. The van der Waals surface area contributed by atoms with E-state index in [0.29, 0.717) is 24.7 Å². The van der Waals surface area contributed by atoms with Gasteiger partial charge in [0.15, 0.2) is 11.8 Å². The molecule has 0 saturated carbocycles. The fraction of sp³-hybridized carbons (Fsp3) is 0.571. The molecule has 1 aromatic heterocycles. The zero-order valence-corrected chi connectivity index (χ0v) is 21.1. The van der Waals surface area contributed by atoms with Crippen molar-refractivity contribution in [3.8, 4) is 11.5 Å². The number of benzene rings is 1. The van der Waals surface area contributed by atoms with Gasteiger partial charge in [-0.1, -0.05) is 5.16 Å². The van der Waals surface area contributed by atoms with Crippen molar-refractivity contribution in [3.05, 3.63) is 35.5 Å². The molecular weight excluding hydrogens is 511 g/mol. The van der Waals surface area contributed by atoms with E-state index >= 15 is 0 Å². The number of nitrogens with zero attached hydrogens (tertiary/aromatic N) is 5. The molecule has 0 unspecified atom stereocenters. The summed E-state index contributed by atoms with van der Waals surface area (Å²) in [5.41, 5.74) is 1.14. The predicted molar refractivity (Wildman–Crippen MR) is 131 cm³/mol. The Labute approximate surface area is 201 Å². The summed E-state index contributed by atoms with van der Waals surface area (Å²) in [5, 5.41) is 7.22. The molecule has 3 rings (SSSR count). The molecule has 0 aliphatic carbocycles. The smallest absolute Gasteiger partial charge is 0.228 e. The lowest BCUT2D eigenvalue weighted by Gasteiger charge is -2.36. The second-order valence-corrected chi connectivity index (χ2v) is 7.16. The van der Waals surface area contributed by atoms with Gasteiger partial charge in [-0.2, -0.15) is 4.98 Å². The van der Waals surface area contributed by atoms with E-state index in [1.807, 2.05) is 19.1 Å². The van der Waals surface area contributed by atoms with Crippen LogP contribution in [0.15, 0.2) is 27.7 Å². The zero-order valence-electron chi connectivity index (χ0n) is 18.8. The molecule has 0 spiro atoms. The lowest BCUT2D eigenvalue weighted by atomic mass is 10.1. The first-order chi connectivity index (χ1) is 14.6. The number of guanidine groups is 1. The van der Waals surface area contributed by atoms with E-state index in [0.717, 1.165) is 62.3 Å². The highest BCUT2D eigenvalue weighted by Crippen LogP contribution is 2.25. The Balaban J connectivity index is 0.00000341. The first kappa shape index (κ1) is 25.2. The van der Waals surface area contributed by atoms with Gasteiger partial charge in [0.1, 0.15) is 11.5 Å². The number of piperazine rings is 1. The van der Waals surface area contributed by atoms with Gasteiger partial charge in [-0.05, 0) is 32.0 Å². The summed E-state index contributed by atoms with van der Waals surface area (Å²) in [6, 6.07) is 5.94. The van der Waals surface area contributed by atoms with Crippen LogP contribution < -0.4 is 14.8 Å². The van der Waals surface area contributed by atoms with Crippen molar-refractivity contribution in [2.45, 2.75) is 26.8 Å². The van der Waals surface area contributed by atoms with E-state index in [4.69, 9.17) is 19.0 Å². The summed E-state index contributed by atoms with van der Waals surface area (Å²) in [7, 11) is 3.39. The van der Waals surface area contributed by atoms with E-state index in [2.05, 4.69) is 38.2 Å². The minimum absolute atomic E-state index is 0. The highest BCUT2D eigenvalue weighted by atomic mass is 127. The first-order valence-electron chi connectivity index (χ1n) is 10.4. The zero-order chi connectivity index (χ0) is 21.3. The Morgan fingerprint density at radius 1 is 1.19 bits per heavy atom. The third-order valence-corrected chi connectivity index (χ3v) is 5.05. The average Bonchev–Trinajstić information content (AvgIpc) is 3.18. The highest BCUT2D eigenvalue weighted by Gasteiger charge is 2.21. The average molecular weight is 544 g/mol. The molecule has 1 N–H and O–H groups in total. The van der Waals surface area contributed by atoms with Gasteiger partial charge < -0.3 is 24.2 Å². The summed E-state index contributed by atoms with van der Waals surface area (Å²) in [6.07, 6.45) is 0.644. The number of aryl methyl sites for hydroxylation is 1. The third-order valence-electron chi connectivity index (χ3n) is 5.05. The van der Waals surface area contributed by atoms with Crippen molar-refractivity contribution < 1.29 is 14.0 Å². The van der Waals surface area contributed by atoms with Crippen molar-refractivity contribution in [2.75, 3.05) is 53.5 Å². The molecule has 1 saturated heterocycles. The molecule has 0 radical (unpaired) electrons. The minimum Gasteiger partial charge on any atom is -0.497 e. The molecule has 0 amide bonds. The number of aromatic nitrogens is 2. The molecule has 1 fully saturated rings. The molecule has 0 atom stereocenters. The maximum Gasteiger partial charge on any atom is 0.228 e. The lowest BCUT2D eigenvalue weighted by Crippen LogP contribution is -2.52. The summed E-state index contributed by atoms with van der Waals surface area (Å²) in [5.74, 6) is 3.97. The van der Waals surface area contributed by atoms with E-state index < -0.39 is 0 Å². The molecule has 172 valence electrons. The summed E-state index contributed by atoms with van der Waals surface area (Å²) < 4.78 is 16.1. The number of halogens is 1. The fourth-order valence-electron chi connectivity index (χ4n) is 3.49. The van der Waals surface area contributed by atoms with Gasteiger partial charge in [-0.25, -0.2) is 0 Å². The van der Waals surface area contributed by atoms with Gasteiger partial charge >= 0.3 is 0 Å². The standard InChI is InChI=1S/C21H32N6O3.HI/c1-5-22-21(23-9-8-20-24-16(2)25-30-20)27-12-10-26(11-13-27)15-17-14-18(28-3)6-7-19(17)29-4;/h6-7,14H,5,8-13,15H2,1-4H3,(H,22,23);1H. The van der Waals surface area contributed by atoms with Crippen LogP contribution in [0.5, 0.6) is 11.5 Å². The van der Waals surface area contributed by atoms with Crippen LogP contribution in [0.3, 0.4) is 0 Å².